The molecular weight excluding hydrogens is 322 g/mol. The lowest BCUT2D eigenvalue weighted by atomic mass is 10.1. The summed E-state index contributed by atoms with van der Waals surface area (Å²) in [6, 6.07) is 5.24. The van der Waals surface area contributed by atoms with E-state index in [-0.39, 0.29) is 5.75 Å². The number of hydrogen-bond acceptors (Lipinski definition) is 2. The van der Waals surface area contributed by atoms with E-state index >= 15 is 0 Å². The maximum atomic E-state index is 9.46. The third kappa shape index (κ3) is 2.01. The minimum Gasteiger partial charge on any atom is -0.508 e. The van der Waals surface area contributed by atoms with E-state index in [1.165, 1.54) is 5.56 Å². The SMILES string of the molecule is Oc1ccc2ncc(CBr)c(CBr)c2c1. The first kappa shape index (κ1) is 10.9. The van der Waals surface area contributed by atoms with Gasteiger partial charge in [-0.05, 0) is 29.3 Å². The van der Waals surface area contributed by atoms with Crippen LogP contribution in [0.15, 0.2) is 24.4 Å². The highest BCUT2D eigenvalue weighted by atomic mass is 79.9. The topological polar surface area (TPSA) is 33.1 Å². The number of aromatic hydroxyl groups is 1. The van der Waals surface area contributed by atoms with Gasteiger partial charge in [-0.3, -0.25) is 4.98 Å². The summed E-state index contributed by atoms with van der Waals surface area (Å²) in [5.74, 6) is 0.276. The van der Waals surface area contributed by atoms with Crippen molar-refractivity contribution in [2.45, 2.75) is 10.7 Å². The van der Waals surface area contributed by atoms with Crippen molar-refractivity contribution < 1.29 is 5.11 Å². The van der Waals surface area contributed by atoms with Gasteiger partial charge in [0.05, 0.1) is 5.52 Å². The second kappa shape index (κ2) is 4.49. The lowest BCUT2D eigenvalue weighted by Crippen LogP contribution is -1.92. The Morgan fingerprint density at radius 2 is 2.00 bits per heavy atom. The quantitative estimate of drug-likeness (QED) is 0.851. The molecule has 0 radical (unpaired) electrons. The summed E-state index contributed by atoms with van der Waals surface area (Å²) in [5.41, 5.74) is 3.23. The number of alkyl halides is 2. The molecule has 1 N–H and O–H groups in total. The van der Waals surface area contributed by atoms with E-state index in [1.54, 1.807) is 12.1 Å². The van der Waals surface area contributed by atoms with Crippen molar-refractivity contribution in [3.8, 4) is 5.75 Å². The zero-order valence-electron chi connectivity index (χ0n) is 7.87. The minimum absolute atomic E-state index is 0.276. The van der Waals surface area contributed by atoms with Crippen LogP contribution in [0.3, 0.4) is 0 Å². The molecule has 2 rings (SSSR count). The molecule has 0 unspecified atom stereocenters. The van der Waals surface area contributed by atoms with Crippen LogP contribution in [0.1, 0.15) is 11.1 Å². The predicted molar refractivity (Wildman–Crippen MR) is 68.7 cm³/mol. The number of benzene rings is 1. The molecule has 1 aromatic carbocycles. The number of pyridine rings is 1. The summed E-state index contributed by atoms with van der Waals surface area (Å²) in [4.78, 5) is 4.34. The maximum Gasteiger partial charge on any atom is 0.116 e. The zero-order valence-corrected chi connectivity index (χ0v) is 11.0. The summed E-state index contributed by atoms with van der Waals surface area (Å²) in [6.07, 6.45) is 1.87. The Morgan fingerprint density at radius 1 is 1.20 bits per heavy atom. The number of hydrogen-bond donors (Lipinski definition) is 1. The van der Waals surface area contributed by atoms with Gasteiger partial charge >= 0.3 is 0 Å². The standard InChI is InChI=1S/C11H9Br2NO/c12-4-7-6-14-11-2-1-8(15)3-9(11)10(7)5-13/h1-3,6,15H,4-5H2. The van der Waals surface area contributed by atoms with E-state index < -0.39 is 0 Å². The van der Waals surface area contributed by atoms with Crippen molar-refractivity contribution >= 4 is 42.8 Å². The molecule has 0 fully saturated rings. The smallest absolute Gasteiger partial charge is 0.116 e. The van der Waals surface area contributed by atoms with Crippen molar-refractivity contribution in [3.05, 3.63) is 35.5 Å². The molecule has 0 saturated carbocycles. The summed E-state index contributed by atoms with van der Waals surface area (Å²) in [7, 11) is 0. The van der Waals surface area contributed by atoms with Crippen LogP contribution in [-0.4, -0.2) is 10.1 Å². The average Bonchev–Trinajstić information content (AvgIpc) is 2.27. The van der Waals surface area contributed by atoms with Gasteiger partial charge in [-0.2, -0.15) is 0 Å². The van der Waals surface area contributed by atoms with Crippen molar-refractivity contribution in [3.63, 3.8) is 0 Å². The van der Waals surface area contributed by atoms with Crippen molar-refractivity contribution in [1.82, 2.24) is 4.98 Å². The molecule has 0 amide bonds. The number of phenolic OH excluding ortho intramolecular Hbond substituents is 1. The molecule has 0 bridgehead atoms. The number of fused-ring (bicyclic) bond motifs is 1. The summed E-state index contributed by atoms with van der Waals surface area (Å²) < 4.78 is 0. The van der Waals surface area contributed by atoms with Gasteiger partial charge in [-0.1, -0.05) is 31.9 Å². The minimum atomic E-state index is 0.276. The van der Waals surface area contributed by atoms with E-state index in [4.69, 9.17) is 0 Å². The lowest BCUT2D eigenvalue weighted by Gasteiger charge is -2.08. The highest BCUT2D eigenvalue weighted by Gasteiger charge is 2.07. The normalized spacial score (nSPS) is 10.8. The summed E-state index contributed by atoms with van der Waals surface area (Å²) in [5, 5.41) is 12.0. The van der Waals surface area contributed by atoms with Crippen LogP contribution in [0.4, 0.5) is 0 Å². The molecule has 0 atom stereocenters. The molecular formula is C11H9Br2NO. The Morgan fingerprint density at radius 3 is 2.67 bits per heavy atom. The molecule has 2 aromatic rings. The third-order valence-electron chi connectivity index (χ3n) is 2.33. The first-order chi connectivity index (χ1) is 7.26. The Bertz CT molecular complexity index is 499. The number of phenols is 1. The molecule has 0 aliphatic rings. The van der Waals surface area contributed by atoms with E-state index in [9.17, 15) is 5.11 Å². The first-order valence-corrected chi connectivity index (χ1v) is 6.72. The molecule has 0 aliphatic heterocycles. The zero-order chi connectivity index (χ0) is 10.8. The highest BCUT2D eigenvalue weighted by Crippen LogP contribution is 2.27. The number of rotatable bonds is 2. The Kier molecular flexibility index (Phi) is 3.26. The van der Waals surface area contributed by atoms with E-state index in [1.807, 2.05) is 12.3 Å². The Hall–Kier alpha value is -0.610. The van der Waals surface area contributed by atoms with Crippen molar-refractivity contribution in [2.24, 2.45) is 0 Å². The van der Waals surface area contributed by atoms with Crippen LogP contribution >= 0.6 is 31.9 Å². The fourth-order valence-corrected chi connectivity index (χ4v) is 2.70. The molecule has 4 heteroatoms. The second-order valence-corrected chi connectivity index (χ2v) is 4.35. The van der Waals surface area contributed by atoms with Gasteiger partial charge < -0.3 is 5.11 Å². The Labute approximate surface area is 105 Å². The molecule has 0 saturated heterocycles. The predicted octanol–water partition coefficient (Wildman–Crippen LogP) is 3.73. The lowest BCUT2D eigenvalue weighted by molar-refractivity contribution is 0.476. The number of aromatic nitrogens is 1. The largest absolute Gasteiger partial charge is 0.508 e. The first-order valence-electron chi connectivity index (χ1n) is 4.47. The van der Waals surface area contributed by atoms with Crippen LogP contribution in [0.5, 0.6) is 5.75 Å². The van der Waals surface area contributed by atoms with Crippen LogP contribution in [0.2, 0.25) is 0 Å². The van der Waals surface area contributed by atoms with Crippen LogP contribution in [0.25, 0.3) is 10.9 Å². The van der Waals surface area contributed by atoms with Gasteiger partial charge in [-0.15, -0.1) is 0 Å². The fraction of sp³-hybridized carbons (Fsp3) is 0.182. The molecule has 0 spiro atoms. The van der Waals surface area contributed by atoms with Gasteiger partial charge in [0.1, 0.15) is 5.75 Å². The van der Waals surface area contributed by atoms with Crippen LogP contribution < -0.4 is 0 Å². The number of halogens is 2. The van der Waals surface area contributed by atoms with E-state index in [0.717, 1.165) is 27.1 Å². The Balaban J connectivity index is 2.79. The van der Waals surface area contributed by atoms with E-state index in [0.29, 0.717) is 0 Å². The number of nitrogens with zero attached hydrogens (tertiary/aromatic N) is 1. The molecule has 78 valence electrons. The van der Waals surface area contributed by atoms with Crippen molar-refractivity contribution in [2.75, 3.05) is 0 Å². The molecule has 0 aliphatic carbocycles. The molecule has 1 heterocycles. The van der Waals surface area contributed by atoms with Gasteiger partial charge in [0.2, 0.25) is 0 Å². The fourth-order valence-electron chi connectivity index (χ4n) is 1.55. The van der Waals surface area contributed by atoms with Crippen LogP contribution in [-0.2, 0) is 10.7 Å². The summed E-state index contributed by atoms with van der Waals surface area (Å²) in [6.45, 7) is 0. The van der Waals surface area contributed by atoms with Crippen LogP contribution in [0, 0.1) is 0 Å². The van der Waals surface area contributed by atoms with Crippen molar-refractivity contribution in [1.29, 1.82) is 0 Å². The highest BCUT2D eigenvalue weighted by molar-refractivity contribution is 9.09. The van der Waals surface area contributed by atoms with Gasteiger partial charge in [0.15, 0.2) is 0 Å². The van der Waals surface area contributed by atoms with Gasteiger partial charge in [-0.25, -0.2) is 0 Å². The monoisotopic (exact) mass is 329 g/mol. The van der Waals surface area contributed by atoms with E-state index in [2.05, 4.69) is 36.8 Å². The third-order valence-corrected chi connectivity index (χ3v) is 3.49. The molecule has 2 nitrogen and oxygen atoms in total. The summed E-state index contributed by atoms with van der Waals surface area (Å²) >= 11 is 6.89. The maximum absolute atomic E-state index is 9.46. The van der Waals surface area contributed by atoms with Gasteiger partial charge in [0.25, 0.3) is 0 Å². The van der Waals surface area contributed by atoms with Gasteiger partial charge in [0, 0.05) is 22.2 Å². The molecule has 1 aromatic heterocycles. The average molecular weight is 331 g/mol. The second-order valence-electron chi connectivity index (χ2n) is 3.23. The molecule has 15 heavy (non-hydrogen) atoms.